The van der Waals surface area contributed by atoms with Crippen LogP contribution in [0.15, 0.2) is 0 Å². The lowest BCUT2D eigenvalue weighted by Crippen LogP contribution is -2.47. The second-order valence-corrected chi connectivity index (χ2v) is 5.16. The van der Waals surface area contributed by atoms with Crippen LogP contribution in [0, 0.1) is 5.41 Å². The van der Waals surface area contributed by atoms with Crippen LogP contribution in [0.5, 0.6) is 0 Å². The van der Waals surface area contributed by atoms with Gasteiger partial charge in [-0.05, 0) is 25.7 Å². The fourth-order valence-corrected chi connectivity index (χ4v) is 1.42. The molecule has 0 spiro atoms. The van der Waals surface area contributed by atoms with Gasteiger partial charge in [0.15, 0.2) is 0 Å². The molecule has 0 aliphatic rings. The van der Waals surface area contributed by atoms with Crippen LogP contribution in [0.3, 0.4) is 0 Å². The van der Waals surface area contributed by atoms with Crippen molar-refractivity contribution < 1.29 is 0 Å². The van der Waals surface area contributed by atoms with Crippen molar-refractivity contribution in [1.29, 1.82) is 0 Å². The highest BCUT2D eigenvalue weighted by Gasteiger charge is 2.27. The molecule has 0 aliphatic heterocycles. The van der Waals surface area contributed by atoms with Crippen molar-refractivity contribution >= 4 is 0 Å². The minimum atomic E-state index is 0.0955. The van der Waals surface area contributed by atoms with E-state index >= 15 is 0 Å². The Hall–Kier alpha value is -0.0800. The van der Waals surface area contributed by atoms with Crippen molar-refractivity contribution in [1.82, 2.24) is 5.01 Å². The molecular formula is C9H22N2. The third kappa shape index (κ3) is 4.38. The number of hydrogen-bond acceptors (Lipinski definition) is 2. The molecule has 0 fully saturated rings. The Morgan fingerprint density at radius 1 is 1.09 bits per heavy atom. The lowest BCUT2D eigenvalue weighted by Gasteiger charge is -2.37. The van der Waals surface area contributed by atoms with E-state index in [1.54, 1.807) is 5.01 Å². The van der Waals surface area contributed by atoms with E-state index in [0.717, 1.165) is 6.42 Å². The van der Waals surface area contributed by atoms with Crippen molar-refractivity contribution in [2.75, 3.05) is 7.05 Å². The number of hydrazine groups is 1. The second-order valence-electron chi connectivity index (χ2n) is 5.16. The molecule has 2 N–H and O–H groups in total. The largest absolute Gasteiger partial charge is 0.269 e. The van der Waals surface area contributed by atoms with E-state index in [4.69, 9.17) is 5.84 Å². The van der Waals surface area contributed by atoms with Crippen molar-refractivity contribution in [3.05, 3.63) is 0 Å². The molecule has 0 saturated carbocycles. The van der Waals surface area contributed by atoms with E-state index in [0.29, 0.717) is 5.41 Å². The molecule has 0 aromatic heterocycles. The average Bonchev–Trinajstić information content (AvgIpc) is 1.56. The maximum atomic E-state index is 5.71. The Kier molecular flexibility index (Phi) is 3.09. The summed E-state index contributed by atoms with van der Waals surface area (Å²) in [5, 5.41) is 1.79. The third-order valence-corrected chi connectivity index (χ3v) is 1.92. The van der Waals surface area contributed by atoms with Gasteiger partial charge in [0.25, 0.3) is 0 Å². The summed E-state index contributed by atoms with van der Waals surface area (Å²) in [6.45, 7) is 11.0. The van der Waals surface area contributed by atoms with Crippen LogP contribution in [0.25, 0.3) is 0 Å². The second kappa shape index (κ2) is 3.11. The molecule has 0 amide bonds. The molecular weight excluding hydrogens is 136 g/mol. The summed E-state index contributed by atoms with van der Waals surface area (Å²) in [4.78, 5) is 0. The Morgan fingerprint density at radius 3 is 1.55 bits per heavy atom. The van der Waals surface area contributed by atoms with Crippen LogP contribution in [-0.2, 0) is 0 Å². The monoisotopic (exact) mass is 158 g/mol. The van der Waals surface area contributed by atoms with E-state index in [2.05, 4.69) is 34.6 Å². The summed E-state index contributed by atoms with van der Waals surface area (Å²) in [6, 6.07) is 0. The fraction of sp³-hybridized carbons (Fsp3) is 1.00. The molecule has 0 aromatic carbocycles. The molecule has 0 unspecified atom stereocenters. The maximum Gasteiger partial charge on any atom is 0.0297 e. The lowest BCUT2D eigenvalue weighted by atomic mass is 9.81. The molecule has 0 saturated heterocycles. The normalized spacial score (nSPS) is 14.2. The zero-order valence-corrected chi connectivity index (χ0v) is 8.73. The van der Waals surface area contributed by atoms with Crippen LogP contribution >= 0.6 is 0 Å². The predicted molar refractivity (Wildman–Crippen MR) is 50.1 cm³/mol. The van der Waals surface area contributed by atoms with E-state index in [-0.39, 0.29) is 5.54 Å². The Bertz CT molecular complexity index is 120. The van der Waals surface area contributed by atoms with Crippen LogP contribution in [0.4, 0.5) is 0 Å². The molecule has 11 heavy (non-hydrogen) atoms. The van der Waals surface area contributed by atoms with Crippen LogP contribution in [0.1, 0.15) is 41.0 Å². The van der Waals surface area contributed by atoms with Gasteiger partial charge < -0.3 is 0 Å². The van der Waals surface area contributed by atoms with E-state index in [1.165, 1.54) is 0 Å². The topological polar surface area (TPSA) is 29.3 Å². The first-order valence-electron chi connectivity index (χ1n) is 4.14. The quantitative estimate of drug-likeness (QED) is 0.492. The fourth-order valence-electron chi connectivity index (χ4n) is 1.42. The molecule has 2 nitrogen and oxygen atoms in total. The molecule has 0 bridgehead atoms. The van der Waals surface area contributed by atoms with Crippen molar-refractivity contribution in [2.24, 2.45) is 11.3 Å². The molecule has 2 heteroatoms. The highest BCUT2D eigenvalue weighted by Crippen LogP contribution is 2.28. The SMILES string of the molecule is CN(N)C(C)(C)CC(C)(C)C. The summed E-state index contributed by atoms with van der Waals surface area (Å²) in [7, 11) is 1.92. The summed E-state index contributed by atoms with van der Waals surface area (Å²) >= 11 is 0. The molecule has 0 aliphatic carbocycles. The number of rotatable bonds is 2. The standard InChI is InChI=1S/C9H22N2/c1-8(2,3)7-9(4,5)11(6)10/h7,10H2,1-6H3. The zero-order valence-electron chi connectivity index (χ0n) is 8.73. The number of nitrogens with two attached hydrogens (primary N) is 1. The highest BCUT2D eigenvalue weighted by molar-refractivity contribution is 4.81. The number of hydrogen-bond donors (Lipinski definition) is 1. The van der Waals surface area contributed by atoms with E-state index in [9.17, 15) is 0 Å². The molecule has 0 heterocycles. The first-order chi connectivity index (χ1) is 4.65. The van der Waals surface area contributed by atoms with Gasteiger partial charge in [-0.1, -0.05) is 20.8 Å². The van der Waals surface area contributed by atoms with Crippen LogP contribution < -0.4 is 5.84 Å². The minimum Gasteiger partial charge on any atom is -0.269 e. The summed E-state index contributed by atoms with van der Waals surface area (Å²) in [6.07, 6.45) is 1.10. The highest BCUT2D eigenvalue weighted by atomic mass is 15.4. The van der Waals surface area contributed by atoms with Crippen LogP contribution in [0.2, 0.25) is 0 Å². The molecule has 0 atom stereocenters. The smallest absolute Gasteiger partial charge is 0.0297 e. The first-order valence-corrected chi connectivity index (χ1v) is 4.14. The lowest BCUT2D eigenvalue weighted by molar-refractivity contribution is 0.104. The zero-order chi connectivity index (χ0) is 9.28. The van der Waals surface area contributed by atoms with Gasteiger partial charge in [-0.25, -0.2) is 5.01 Å². The Labute approximate surface area is 70.7 Å². The summed E-state index contributed by atoms with van der Waals surface area (Å²) < 4.78 is 0. The van der Waals surface area contributed by atoms with Crippen molar-refractivity contribution in [3.63, 3.8) is 0 Å². The first kappa shape index (κ1) is 10.9. The summed E-state index contributed by atoms with van der Waals surface area (Å²) in [5.41, 5.74) is 0.440. The van der Waals surface area contributed by atoms with Gasteiger partial charge in [-0.15, -0.1) is 0 Å². The predicted octanol–water partition coefficient (Wildman–Crippen LogP) is 2.01. The van der Waals surface area contributed by atoms with Gasteiger partial charge in [0.05, 0.1) is 0 Å². The molecule has 0 radical (unpaired) electrons. The van der Waals surface area contributed by atoms with Crippen molar-refractivity contribution in [3.8, 4) is 0 Å². The molecule has 68 valence electrons. The number of nitrogens with zero attached hydrogens (tertiary/aromatic N) is 1. The van der Waals surface area contributed by atoms with Gasteiger partial charge in [-0.3, -0.25) is 5.84 Å². The van der Waals surface area contributed by atoms with Gasteiger partial charge >= 0.3 is 0 Å². The maximum absolute atomic E-state index is 5.71. The van der Waals surface area contributed by atoms with Crippen LogP contribution in [-0.4, -0.2) is 17.6 Å². The van der Waals surface area contributed by atoms with Gasteiger partial charge in [-0.2, -0.15) is 0 Å². The molecule has 0 aromatic rings. The average molecular weight is 158 g/mol. The Balaban J connectivity index is 4.13. The summed E-state index contributed by atoms with van der Waals surface area (Å²) in [5.74, 6) is 5.71. The van der Waals surface area contributed by atoms with Gasteiger partial charge in [0, 0.05) is 12.6 Å². The van der Waals surface area contributed by atoms with Crippen molar-refractivity contribution in [2.45, 2.75) is 46.6 Å². The van der Waals surface area contributed by atoms with Gasteiger partial charge in [0.2, 0.25) is 0 Å². The third-order valence-electron chi connectivity index (χ3n) is 1.92. The minimum absolute atomic E-state index is 0.0955. The molecule has 0 rings (SSSR count). The van der Waals surface area contributed by atoms with E-state index < -0.39 is 0 Å². The Morgan fingerprint density at radius 2 is 1.45 bits per heavy atom. The van der Waals surface area contributed by atoms with Gasteiger partial charge in [0.1, 0.15) is 0 Å². The van der Waals surface area contributed by atoms with E-state index in [1.807, 2.05) is 7.05 Å².